The van der Waals surface area contributed by atoms with Gasteiger partial charge in [0.15, 0.2) is 0 Å². The fourth-order valence-electron chi connectivity index (χ4n) is 2.16. The van der Waals surface area contributed by atoms with Crippen molar-refractivity contribution in [3.05, 3.63) is 29.8 Å². The van der Waals surface area contributed by atoms with E-state index < -0.39 is 0 Å². The van der Waals surface area contributed by atoms with Crippen LogP contribution >= 0.6 is 0 Å². The minimum absolute atomic E-state index is 0.666. The third-order valence-electron chi connectivity index (χ3n) is 2.94. The van der Waals surface area contributed by atoms with Crippen molar-refractivity contribution < 1.29 is 4.74 Å². The quantitative estimate of drug-likeness (QED) is 0.818. The Morgan fingerprint density at radius 2 is 2.40 bits per heavy atom. The lowest BCUT2D eigenvalue weighted by molar-refractivity contribution is 0.339. The molecule has 0 bridgehead atoms. The minimum atomic E-state index is 0.666. The van der Waals surface area contributed by atoms with Crippen molar-refractivity contribution in [3.63, 3.8) is 0 Å². The Morgan fingerprint density at radius 1 is 1.47 bits per heavy atom. The molecule has 1 unspecified atom stereocenters. The highest BCUT2D eigenvalue weighted by Gasteiger charge is 2.15. The molecule has 1 atom stereocenters. The number of nitrogens with one attached hydrogen (secondary N) is 1. The van der Waals surface area contributed by atoms with Crippen LogP contribution in [0.2, 0.25) is 0 Å². The molecule has 0 aromatic heterocycles. The molecular formula is C13H19NO. The van der Waals surface area contributed by atoms with Crippen molar-refractivity contribution in [3.8, 4) is 5.75 Å². The lowest BCUT2D eigenvalue weighted by atomic mass is 9.92. The zero-order valence-electron chi connectivity index (χ0n) is 9.33. The first kappa shape index (κ1) is 10.5. The van der Waals surface area contributed by atoms with Gasteiger partial charge in [-0.25, -0.2) is 0 Å². The van der Waals surface area contributed by atoms with Crippen molar-refractivity contribution in [1.82, 2.24) is 5.32 Å². The molecule has 1 aromatic carbocycles. The Kier molecular flexibility index (Phi) is 3.62. The highest BCUT2D eigenvalue weighted by molar-refractivity contribution is 5.31. The molecule has 1 aromatic rings. The number of hydrogen-bond acceptors (Lipinski definition) is 2. The van der Waals surface area contributed by atoms with E-state index >= 15 is 0 Å². The summed E-state index contributed by atoms with van der Waals surface area (Å²) in [5, 5.41) is 3.44. The third kappa shape index (κ3) is 2.72. The van der Waals surface area contributed by atoms with Gasteiger partial charge in [-0.15, -0.1) is 0 Å². The van der Waals surface area contributed by atoms with Gasteiger partial charge in [0.05, 0.1) is 6.61 Å². The second-order valence-corrected chi connectivity index (χ2v) is 4.05. The molecule has 1 aliphatic heterocycles. The number of hydrogen-bond donors (Lipinski definition) is 1. The maximum Gasteiger partial charge on any atom is 0.119 e. The molecule has 2 heteroatoms. The molecule has 1 saturated heterocycles. The maximum absolute atomic E-state index is 5.52. The van der Waals surface area contributed by atoms with E-state index in [0.29, 0.717) is 5.92 Å². The summed E-state index contributed by atoms with van der Waals surface area (Å²) in [7, 11) is 0. The van der Waals surface area contributed by atoms with Gasteiger partial charge in [0.1, 0.15) is 5.75 Å². The summed E-state index contributed by atoms with van der Waals surface area (Å²) in [6, 6.07) is 8.51. The summed E-state index contributed by atoms with van der Waals surface area (Å²) in [6.45, 7) is 5.04. The summed E-state index contributed by atoms with van der Waals surface area (Å²) in [5.74, 6) is 1.67. The molecule has 1 fully saturated rings. The number of rotatable bonds is 3. The first-order valence-corrected chi connectivity index (χ1v) is 5.83. The van der Waals surface area contributed by atoms with Crippen molar-refractivity contribution in [1.29, 1.82) is 0 Å². The molecule has 0 saturated carbocycles. The van der Waals surface area contributed by atoms with Gasteiger partial charge in [0.2, 0.25) is 0 Å². The van der Waals surface area contributed by atoms with Gasteiger partial charge >= 0.3 is 0 Å². The van der Waals surface area contributed by atoms with Gasteiger partial charge in [-0.3, -0.25) is 0 Å². The summed E-state index contributed by atoms with van der Waals surface area (Å²) < 4.78 is 5.52. The third-order valence-corrected chi connectivity index (χ3v) is 2.94. The normalized spacial score (nSPS) is 21.3. The van der Waals surface area contributed by atoms with Crippen LogP contribution in [-0.2, 0) is 0 Å². The monoisotopic (exact) mass is 205 g/mol. The Morgan fingerprint density at radius 3 is 3.13 bits per heavy atom. The van der Waals surface area contributed by atoms with Gasteiger partial charge in [0.25, 0.3) is 0 Å². The molecule has 0 aliphatic carbocycles. The van der Waals surface area contributed by atoms with Crippen LogP contribution in [0.4, 0.5) is 0 Å². The average molecular weight is 205 g/mol. The van der Waals surface area contributed by atoms with Crippen molar-refractivity contribution in [2.24, 2.45) is 0 Å². The van der Waals surface area contributed by atoms with E-state index in [0.717, 1.165) is 18.9 Å². The SMILES string of the molecule is CCOc1cccc(C2CCCNC2)c1. The zero-order chi connectivity index (χ0) is 10.5. The van der Waals surface area contributed by atoms with E-state index in [1.165, 1.54) is 24.9 Å². The Hall–Kier alpha value is -1.02. The molecule has 0 radical (unpaired) electrons. The largest absolute Gasteiger partial charge is 0.494 e. The first-order chi connectivity index (χ1) is 7.40. The summed E-state index contributed by atoms with van der Waals surface area (Å²) in [5.41, 5.74) is 1.41. The summed E-state index contributed by atoms with van der Waals surface area (Å²) in [4.78, 5) is 0. The van der Waals surface area contributed by atoms with Crippen LogP contribution in [0.3, 0.4) is 0 Å². The Balaban J connectivity index is 2.09. The van der Waals surface area contributed by atoms with Crippen LogP contribution in [0, 0.1) is 0 Å². The van der Waals surface area contributed by atoms with Gasteiger partial charge in [-0.1, -0.05) is 12.1 Å². The average Bonchev–Trinajstić information content (AvgIpc) is 2.31. The van der Waals surface area contributed by atoms with Gasteiger partial charge < -0.3 is 10.1 Å². The predicted octanol–water partition coefficient (Wildman–Crippen LogP) is 2.55. The predicted molar refractivity (Wildman–Crippen MR) is 62.5 cm³/mol. The van der Waals surface area contributed by atoms with Gasteiger partial charge in [-0.05, 0) is 49.9 Å². The first-order valence-electron chi connectivity index (χ1n) is 5.83. The van der Waals surface area contributed by atoms with E-state index in [-0.39, 0.29) is 0 Å². The molecule has 1 N–H and O–H groups in total. The Labute approximate surface area is 91.6 Å². The molecule has 2 nitrogen and oxygen atoms in total. The molecule has 0 spiro atoms. The van der Waals surface area contributed by atoms with Crippen molar-refractivity contribution in [2.45, 2.75) is 25.7 Å². The molecule has 2 rings (SSSR count). The van der Waals surface area contributed by atoms with E-state index in [1.54, 1.807) is 0 Å². The van der Waals surface area contributed by atoms with Crippen LogP contribution < -0.4 is 10.1 Å². The molecule has 82 valence electrons. The topological polar surface area (TPSA) is 21.3 Å². The molecule has 1 aliphatic rings. The molecule has 15 heavy (non-hydrogen) atoms. The minimum Gasteiger partial charge on any atom is -0.494 e. The van der Waals surface area contributed by atoms with Crippen LogP contribution in [0.15, 0.2) is 24.3 Å². The smallest absolute Gasteiger partial charge is 0.119 e. The van der Waals surface area contributed by atoms with Crippen LogP contribution in [-0.4, -0.2) is 19.7 Å². The van der Waals surface area contributed by atoms with E-state index in [1.807, 2.05) is 13.0 Å². The fraction of sp³-hybridized carbons (Fsp3) is 0.538. The number of benzene rings is 1. The lowest BCUT2D eigenvalue weighted by Crippen LogP contribution is -2.28. The van der Waals surface area contributed by atoms with E-state index in [9.17, 15) is 0 Å². The molecule has 1 heterocycles. The van der Waals surface area contributed by atoms with Crippen LogP contribution in [0.1, 0.15) is 31.2 Å². The van der Waals surface area contributed by atoms with Gasteiger partial charge in [-0.2, -0.15) is 0 Å². The fourth-order valence-corrected chi connectivity index (χ4v) is 2.16. The summed E-state index contributed by atoms with van der Waals surface area (Å²) in [6.07, 6.45) is 2.58. The van der Waals surface area contributed by atoms with E-state index in [2.05, 4.69) is 23.5 Å². The van der Waals surface area contributed by atoms with Crippen molar-refractivity contribution >= 4 is 0 Å². The molecule has 0 amide bonds. The number of piperidine rings is 1. The standard InChI is InChI=1S/C13H19NO/c1-2-15-13-7-3-5-11(9-13)12-6-4-8-14-10-12/h3,5,7,9,12,14H,2,4,6,8,10H2,1H3. The Bertz CT molecular complexity index is 305. The highest BCUT2D eigenvalue weighted by Crippen LogP contribution is 2.25. The second kappa shape index (κ2) is 5.17. The molecular weight excluding hydrogens is 186 g/mol. The van der Waals surface area contributed by atoms with Gasteiger partial charge in [0, 0.05) is 6.54 Å². The second-order valence-electron chi connectivity index (χ2n) is 4.05. The lowest BCUT2D eigenvalue weighted by Gasteiger charge is -2.23. The maximum atomic E-state index is 5.52. The van der Waals surface area contributed by atoms with E-state index in [4.69, 9.17) is 4.74 Å². The summed E-state index contributed by atoms with van der Waals surface area (Å²) >= 11 is 0. The highest BCUT2D eigenvalue weighted by atomic mass is 16.5. The van der Waals surface area contributed by atoms with Crippen LogP contribution in [0.5, 0.6) is 5.75 Å². The zero-order valence-corrected chi connectivity index (χ0v) is 9.33. The van der Waals surface area contributed by atoms with Crippen molar-refractivity contribution in [2.75, 3.05) is 19.7 Å². The van der Waals surface area contributed by atoms with Crippen LogP contribution in [0.25, 0.3) is 0 Å². The number of ether oxygens (including phenoxy) is 1.